The molecule has 7 nitrogen and oxygen atoms in total. The summed E-state index contributed by atoms with van der Waals surface area (Å²) >= 11 is 1.40. The Morgan fingerprint density at radius 1 is 1.06 bits per heavy atom. The molecule has 0 saturated heterocycles. The van der Waals surface area contributed by atoms with Gasteiger partial charge in [0, 0.05) is 26.7 Å². The molecule has 0 aliphatic carbocycles. The van der Waals surface area contributed by atoms with E-state index in [1.54, 1.807) is 14.2 Å². The average molecular weight is 441 g/mol. The maximum absolute atomic E-state index is 13.0. The second-order valence-corrected chi connectivity index (χ2v) is 7.78. The van der Waals surface area contributed by atoms with Crippen LogP contribution in [0.1, 0.15) is 12.5 Å². The van der Waals surface area contributed by atoms with Gasteiger partial charge in [0.15, 0.2) is 11.0 Å². The molecule has 0 unspecified atom stereocenters. The van der Waals surface area contributed by atoms with E-state index in [9.17, 15) is 4.79 Å². The van der Waals surface area contributed by atoms with E-state index in [1.807, 2.05) is 71.0 Å². The van der Waals surface area contributed by atoms with E-state index in [4.69, 9.17) is 9.47 Å². The fourth-order valence-corrected chi connectivity index (χ4v) is 4.13. The molecule has 0 N–H and O–H groups in total. The van der Waals surface area contributed by atoms with E-state index in [2.05, 4.69) is 10.2 Å². The van der Waals surface area contributed by atoms with Crippen molar-refractivity contribution in [2.45, 2.75) is 25.2 Å². The first-order chi connectivity index (χ1) is 15.2. The van der Waals surface area contributed by atoms with Crippen LogP contribution in [0, 0.1) is 0 Å². The van der Waals surface area contributed by atoms with Gasteiger partial charge in [-0.25, -0.2) is 0 Å². The Labute approximate surface area is 187 Å². The normalized spacial score (nSPS) is 10.8. The number of carbonyl (C=O) groups excluding carboxylic acids is 1. The quantitative estimate of drug-likeness (QED) is 0.423. The maximum atomic E-state index is 13.0. The summed E-state index contributed by atoms with van der Waals surface area (Å²) in [5.74, 6) is 1.79. The molecular formula is C23H28N4O3S. The van der Waals surface area contributed by atoms with Crippen molar-refractivity contribution >= 4 is 17.7 Å². The molecule has 3 aromatic rings. The molecule has 3 rings (SSSR count). The fraction of sp³-hybridized carbons (Fsp3) is 0.348. The lowest BCUT2D eigenvalue weighted by Crippen LogP contribution is -2.34. The first-order valence-electron chi connectivity index (χ1n) is 10.2. The lowest BCUT2D eigenvalue weighted by atomic mass is 10.2. The summed E-state index contributed by atoms with van der Waals surface area (Å²) in [6.07, 6.45) is 0. The van der Waals surface area contributed by atoms with Crippen LogP contribution in [0.3, 0.4) is 0 Å². The van der Waals surface area contributed by atoms with Gasteiger partial charge >= 0.3 is 0 Å². The third-order valence-electron chi connectivity index (χ3n) is 4.84. The van der Waals surface area contributed by atoms with Gasteiger partial charge in [-0.3, -0.25) is 4.79 Å². The number of carbonyl (C=O) groups is 1. The molecule has 0 bridgehead atoms. The number of amides is 1. The van der Waals surface area contributed by atoms with E-state index in [1.165, 1.54) is 11.8 Å². The zero-order valence-electron chi connectivity index (χ0n) is 18.2. The Bertz CT molecular complexity index is 978. The van der Waals surface area contributed by atoms with Gasteiger partial charge in [0.25, 0.3) is 0 Å². The molecule has 164 valence electrons. The van der Waals surface area contributed by atoms with Crippen LogP contribution in [-0.4, -0.2) is 58.7 Å². The Morgan fingerprint density at radius 3 is 2.52 bits per heavy atom. The van der Waals surface area contributed by atoms with Crippen molar-refractivity contribution in [3.05, 3.63) is 60.2 Å². The Balaban J connectivity index is 1.73. The third kappa shape index (κ3) is 5.86. The van der Waals surface area contributed by atoms with Crippen LogP contribution in [0.15, 0.2) is 59.8 Å². The van der Waals surface area contributed by atoms with Gasteiger partial charge in [0.05, 0.1) is 25.0 Å². The van der Waals surface area contributed by atoms with Crippen molar-refractivity contribution in [3.8, 4) is 17.1 Å². The van der Waals surface area contributed by atoms with Crippen LogP contribution < -0.4 is 4.74 Å². The minimum atomic E-state index is 0.0374. The first-order valence-corrected chi connectivity index (χ1v) is 11.2. The van der Waals surface area contributed by atoms with Crippen LogP contribution in [0.2, 0.25) is 0 Å². The number of para-hydroxylation sites is 1. The van der Waals surface area contributed by atoms with Crippen LogP contribution in [0.4, 0.5) is 0 Å². The van der Waals surface area contributed by atoms with E-state index in [0.29, 0.717) is 31.4 Å². The molecule has 2 aromatic carbocycles. The Hall–Kier alpha value is -2.84. The molecule has 0 saturated carbocycles. The highest BCUT2D eigenvalue weighted by atomic mass is 32.2. The van der Waals surface area contributed by atoms with Crippen molar-refractivity contribution in [2.75, 3.05) is 33.1 Å². The number of ether oxygens (including phenoxy) is 2. The van der Waals surface area contributed by atoms with E-state index < -0.39 is 0 Å². The zero-order valence-corrected chi connectivity index (χ0v) is 19.0. The predicted octanol–water partition coefficient (Wildman–Crippen LogP) is 3.74. The molecule has 31 heavy (non-hydrogen) atoms. The molecule has 1 amide bonds. The number of benzene rings is 2. The maximum Gasteiger partial charge on any atom is 0.233 e. The van der Waals surface area contributed by atoms with E-state index >= 15 is 0 Å². The number of thioether (sulfide) groups is 1. The smallest absolute Gasteiger partial charge is 0.233 e. The van der Waals surface area contributed by atoms with Crippen molar-refractivity contribution in [1.82, 2.24) is 19.7 Å². The van der Waals surface area contributed by atoms with Crippen molar-refractivity contribution in [3.63, 3.8) is 0 Å². The van der Waals surface area contributed by atoms with Gasteiger partial charge in [-0.2, -0.15) is 0 Å². The van der Waals surface area contributed by atoms with E-state index in [-0.39, 0.29) is 11.7 Å². The molecule has 8 heteroatoms. The van der Waals surface area contributed by atoms with Gasteiger partial charge in [-0.05, 0) is 24.6 Å². The summed E-state index contributed by atoms with van der Waals surface area (Å²) < 4.78 is 12.7. The number of nitrogens with zero attached hydrogens (tertiary/aromatic N) is 4. The molecule has 0 fully saturated rings. The lowest BCUT2D eigenvalue weighted by molar-refractivity contribution is -0.129. The minimum Gasteiger partial charge on any atom is -0.496 e. The summed E-state index contributed by atoms with van der Waals surface area (Å²) in [6.45, 7) is 4.31. The Kier molecular flexibility index (Phi) is 8.49. The summed E-state index contributed by atoms with van der Waals surface area (Å²) in [7, 11) is 3.28. The average Bonchev–Trinajstić information content (AvgIpc) is 3.23. The Morgan fingerprint density at radius 2 is 1.81 bits per heavy atom. The number of hydrogen-bond acceptors (Lipinski definition) is 6. The topological polar surface area (TPSA) is 69.5 Å². The monoisotopic (exact) mass is 440 g/mol. The third-order valence-corrected chi connectivity index (χ3v) is 5.79. The molecule has 1 heterocycles. The number of methoxy groups -OCH3 is 2. The zero-order chi connectivity index (χ0) is 22.1. The first kappa shape index (κ1) is 22.8. The highest BCUT2D eigenvalue weighted by Gasteiger charge is 2.19. The van der Waals surface area contributed by atoms with E-state index in [0.717, 1.165) is 22.7 Å². The van der Waals surface area contributed by atoms with Crippen LogP contribution in [0.5, 0.6) is 5.75 Å². The highest BCUT2D eigenvalue weighted by Crippen LogP contribution is 2.30. The van der Waals surface area contributed by atoms with Gasteiger partial charge in [-0.1, -0.05) is 54.2 Å². The second-order valence-electron chi connectivity index (χ2n) is 6.83. The highest BCUT2D eigenvalue weighted by molar-refractivity contribution is 7.99. The summed E-state index contributed by atoms with van der Waals surface area (Å²) in [6, 6.07) is 17.7. The molecule has 0 radical (unpaired) electrons. The molecule has 0 aliphatic heterocycles. The fourth-order valence-electron chi connectivity index (χ4n) is 3.22. The number of aromatic nitrogens is 3. The van der Waals surface area contributed by atoms with Gasteiger partial charge in [-0.15, -0.1) is 10.2 Å². The van der Waals surface area contributed by atoms with Gasteiger partial charge < -0.3 is 18.9 Å². The van der Waals surface area contributed by atoms with Crippen LogP contribution in [-0.2, 0) is 22.6 Å². The van der Waals surface area contributed by atoms with Crippen LogP contribution >= 0.6 is 11.8 Å². The predicted molar refractivity (Wildman–Crippen MR) is 122 cm³/mol. The SMILES string of the molecule is CCn1c(SCC(=O)N(CCOC)Cc2ccccc2)nnc1-c1ccccc1OC. The molecule has 1 aromatic heterocycles. The van der Waals surface area contributed by atoms with Crippen LogP contribution in [0.25, 0.3) is 11.4 Å². The molecule has 0 aliphatic rings. The largest absolute Gasteiger partial charge is 0.496 e. The standard InChI is InChI=1S/C23H28N4O3S/c1-4-27-22(19-12-8-9-13-20(19)30-3)24-25-23(27)31-17-21(28)26(14-15-29-2)16-18-10-6-5-7-11-18/h5-13H,4,14-17H2,1-3H3. The van der Waals surface area contributed by atoms with Crippen molar-refractivity contribution < 1.29 is 14.3 Å². The van der Waals surface area contributed by atoms with Gasteiger partial charge in [0.1, 0.15) is 5.75 Å². The number of rotatable bonds is 11. The number of hydrogen-bond donors (Lipinski definition) is 0. The molecule has 0 atom stereocenters. The van der Waals surface area contributed by atoms with Crippen molar-refractivity contribution in [1.29, 1.82) is 0 Å². The molecule has 0 spiro atoms. The van der Waals surface area contributed by atoms with Gasteiger partial charge in [0.2, 0.25) is 5.91 Å². The summed E-state index contributed by atoms with van der Waals surface area (Å²) in [5, 5.41) is 9.43. The minimum absolute atomic E-state index is 0.0374. The summed E-state index contributed by atoms with van der Waals surface area (Å²) in [4.78, 5) is 14.8. The second kappa shape index (κ2) is 11.5. The molecular weight excluding hydrogens is 412 g/mol. The lowest BCUT2D eigenvalue weighted by Gasteiger charge is -2.22. The van der Waals surface area contributed by atoms with Crippen molar-refractivity contribution in [2.24, 2.45) is 0 Å². The summed E-state index contributed by atoms with van der Waals surface area (Å²) in [5.41, 5.74) is 1.97.